The van der Waals surface area contributed by atoms with E-state index in [1.165, 1.54) is 6.26 Å². The van der Waals surface area contributed by atoms with Crippen LogP contribution in [0.2, 0.25) is 0 Å². The molecule has 0 amide bonds. The fraction of sp³-hybridized carbons (Fsp3) is 0.412. The first-order valence-corrected chi connectivity index (χ1v) is 9.69. The van der Waals surface area contributed by atoms with Gasteiger partial charge in [-0.2, -0.15) is 0 Å². The Hall–Kier alpha value is -1.79. The van der Waals surface area contributed by atoms with E-state index in [4.69, 9.17) is 4.98 Å². The predicted octanol–water partition coefficient (Wildman–Crippen LogP) is 2.32. The fourth-order valence-corrected chi connectivity index (χ4v) is 3.51. The number of rotatable bonds is 3. The lowest BCUT2D eigenvalue weighted by atomic mass is 9.97. The Bertz CT molecular complexity index is 795. The van der Waals surface area contributed by atoms with E-state index in [0.29, 0.717) is 10.8 Å². The molecule has 6 heteroatoms. The van der Waals surface area contributed by atoms with Crippen LogP contribution in [0.15, 0.2) is 35.2 Å². The van der Waals surface area contributed by atoms with Crippen molar-refractivity contribution in [2.75, 3.05) is 19.3 Å². The van der Waals surface area contributed by atoms with Crippen molar-refractivity contribution in [2.45, 2.75) is 30.6 Å². The fourth-order valence-electron chi connectivity index (χ4n) is 2.87. The molecule has 0 bridgehead atoms. The van der Waals surface area contributed by atoms with E-state index >= 15 is 0 Å². The van der Waals surface area contributed by atoms with E-state index in [2.05, 4.69) is 10.3 Å². The van der Waals surface area contributed by atoms with Gasteiger partial charge in [0.15, 0.2) is 9.84 Å². The lowest BCUT2D eigenvalue weighted by Crippen LogP contribution is -2.27. The monoisotopic (exact) mass is 331 g/mol. The van der Waals surface area contributed by atoms with Gasteiger partial charge in [-0.15, -0.1) is 0 Å². The van der Waals surface area contributed by atoms with Gasteiger partial charge < -0.3 is 5.32 Å². The van der Waals surface area contributed by atoms with Gasteiger partial charge in [-0.05, 0) is 51.1 Å². The summed E-state index contributed by atoms with van der Waals surface area (Å²) < 4.78 is 23.1. The molecule has 1 aliphatic heterocycles. The predicted molar refractivity (Wildman–Crippen MR) is 90.2 cm³/mol. The summed E-state index contributed by atoms with van der Waals surface area (Å²) in [6.45, 7) is 3.97. The van der Waals surface area contributed by atoms with Crippen LogP contribution in [0.3, 0.4) is 0 Å². The highest BCUT2D eigenvalue weighted by atomic mass is 32.2. The van der Waals surface area contributed by atoms with Crippen molar-refractivity contribution in [2.24, 2.45) is 0 Å². The second kappa shape index (κ2) is 6.37. The summed E-state index contributed by atoms with van der Waals surface area (Å²) in [6, 6.07) is 8.83. The van der Waals surface area contributed by atoms with Crippen LogP contribution < -0.4 is 5.32 Å². The summed E-state index contributed by atoms with van der Waals surface area (Å²) in [5.41, 5.74) is 2.71. The van der Waals surface area contributed by atoms with Crippen LogP contribution in [0.4, 0.5) is 0 Å². The van der Waals surface area contributed by atoms with Crippen LogP contribution in [0, 0.1) is 6.92 Å². The van der Waals surface area contributed by atoms with Crippen LogP contribution in [-0.2, 0) is 9.84 Å². The lowest BCUT2D eigenvalue weighted by molar-refractivity contribution is 0.444. The van der Waals surface area contributed by atoms with E-state index < -0.39 is 9.84 Å². The molecule has 1 saturated heterocycles. The molecule has 1 N–H and O–H groups in total. The number of aryl methyl sites for hydroxylation is 1. The summed E-state index contributed by atoms with van der Waals surface area (Å²) in [4.78, 5) is 9.66. The van der Waals surface area contributed by atoms with Crippen LogP contribution in [0.25, 0.3) is 11.3 Å². The Kier molecular flexibility index (Phi) is 4.46. The molecule has 1 aliphatic rings. The molecule has 0 atom stereocenters. The zero-order valence-corrected chi connectivity index (χ0v) is 14.2. The second-order valence-electron chi connectivity index (χ2n) is 6.07. The molecule has 1 aromatic carbocycles. The first-order valence-electron chi connectivity index (χ1n) is 7.80. The Morgan fingerprint density at radius 1 is 1.09 bits per heavy atom. The van der Waals surface area contributed by atoms with Crippen molar-refractivity contribution < 1.29 is 8.42 Å². The van der Waals surface area contributed by atoms with Crippen molar-refractivity contribution in [3.8, 4) is 11.3 Å². The van der Waals surface area contributed by atoms with Crippen molar-refractivity contribution in [3.63, 3.8) is 0 Å². The van der Waals surface area contributed by atoms with Gasteiger partial charge in [-0.3, -0.25) is 0 Å². The average molecular weight is 331 g/mol. The first-order chi connectivity index (χ1) is 10.9. The maximum absolute atomic E-state index is 11.6. The first kappa shape index (κ1) is 16.1. The smallest absolute Gasteiger partial charge is 0.175 e. The molecule has 5 nitrogen and oxygen atoms in total. The number of nitrogens with one attached hydrogen (secondary N) is 1. The average Bonchev–Trinajstić information content (AvgIpc) is 2.54. The molecular formula is C17H21N3O2S. The molecule has 0 aliphatic carbocycles. The van der Waals surface area contributed by atoms with E-state index in [1.807, 2.05) is 25.1 Å². The summed E-state index contributed by atoms with van der Waals surface area (Å²) in [6.07, 6.45) is 3.32. The van der Waals surface area contributed by atoms with E-state index in [0.717, 1.165) is 48.7 Å². The van der Waals surface area contributed by atoms with Gasteiger partial charge in [0.2, 0.25) is 0 Å². The molecule has 2 aromatic rings. The van der Waals surface area contributed by atoms with E-state index in [-0.39, 0.29) is 0 Å². The van der Waals surface area contributed by atoms with Crippen molar-refractivity contribution in [1.82, 2.24) is 15.3 Å². The minimum absolute atomic E-state index is 0.325. The third-order valence-corrected chi connectivity index (χ3v) is 5.28. The standard InChI is InChI=1S/C17H21N3O2S/c1-12-11-16(13-3-5-15(6-4-13)23(2,21)22)20-17(19-12)14-7-9-18-10-8-14/h3-6,11,14,18H,7-10H2,1-2H3. The zero-order valence-electron chi connectivity index (χ0n) is 13.4. The Labute approximate surface area is 137 Å². The van der Waals surface area contributed by atoms with Gasteiger partial charge in [-0.1, -0.05) is 12.1 Å². The summed E-state index contributed by atoms with van der Waals surface area (Å²) in [5.74, 6) is 1.29. The van der Waals surface area contributed by atoms with Crippen LogP contribution in [0.1, 0.15) is 30.3 Å². The van der Waals surface area contributed by atoms with Crippen molar-refractivity contribution in [3.05, 3.63) is 41.9 Å². The minimum atomic E-state index is -3.17. The molecule has 0 saturated carbocycles. The van der Waals surface area contributed by atoms with Gasteiger partial charge in [0.25, 0.3) is 0 Å². The van der Waals surface area contributed by atoms with Crippen molar-refractivity contribution in [1.29, 1.82) is 0 Å². The van der Waals surface area contributed by atoms with Crippen LogP contribution in [-0.4, -0.2) is 37.7 Å². The van der Waals surface area contributed by atoms with Gasteiger partial charge in [-0.25, -0.2) is 18.4 Å². The molecule has 0 unspecified atom stereocenters. The Balaban J connectivity index is 1.94. The molecule has 1 fully saturated rings. The number of hydrogen-bond donors (Lipinski definition) is 1. The molecule has 0 spiro atoms. The van der Waals surface area contributed by atoms with Gasteiger partial charge in [0, 0.05) is 23.4 Å². The number of sulfone groups is 1. The second-order valence-corrected chi connectivity index (χ2v) is 8.09. The third-order valence-electron chi connectivity index (χ3n) is 4.15. The van der Waals surface area contributed by atoms with E-state index in [1.54, 1.807) is 12.1 Å². The molecular weight excluding hydrogens is 310 g/mol. The topological polar surface area (TPSA) is 72.0 Å². The quantitative estimate of drug-likeness (QED) is 0.934. The van der Waals surface area contributed by atoms with E-state index in [9.17, 15) is 8.42 Å². The largest absolute Gasteiger partial charge is 0.317 e. The highest BCUT2D eigenvalue weighted by Crippen LogP contribution is 2.26. The maximum atomic E-state index is 11.6. The summed E-state index contributed by atoms with van der Waals surface area (Å²) in [5, 5.41) is 3.35. The SMILES string of the molecule is Cc1cc(-c2ccc(S(C)(=O)=O)cc2)nc(C2CCNCC2)n1. The third kappa shape index (κ3) is 3.76. The minimum Gasteiger partial charge on any atom is -0.317 e. The number of hydrogen-bond acceptors (Lipinski definition) is 5. The molecule has 0 radical (unpaired) electrons. The summed E-state index contributed by atoms with van der Waals surface area (Å²) >= 11 is 0. The van der Waals surface area contributed by atoms with Gasteiger partial charge in [0.1, 0.15) is 5.82 Å². The van der Waals surface area contributed by atoms with Crippen LogP contribution >= 0.6 is 0 Å². The molecule has 122 valence electrons. The highest BCUT2D eigenvalue weighted by Gasteiger charge is 2.19. The number of benzene rings is 1. The Morgan fingerprint density at radius 2 is 1.74 bits per heavy atom. The molecule has 2 heterocycles. The summed E-state index contributed by atoms with van der Waals surface area (Å²) in [7, 11) is -3.17. The van der Waals surface area contributed by atoms with Crippen LogP contribution in [0.5, 0.6) is 0 Å². The highest BCUT2D eigenvalue weighted by molar-refractivity contribution is 7.90. The number of piperidine rings is 1. The number of aromatic nitrogens is 2. The maximum Gasteiger partial charge on any atom is 0.175 e. The lowest BCUT2D eigenvalue weighted by Gasteiger charge is -2.22. The normalized spacial score (nSPS) is 16.4. The molecule has 3 rings (SSSR count). The zero-order chi connectivity index (χ0) is 16.4. The van der Waals surface area contributed by atoms with Crippen molar-refractivity contribution >= 4 is 9.84 Å². The van der Waals surface area contributed by atoms with Gasteiger partial charge in [0.05, 0.1) is 10.6 Å². The number of nitrogens with zero attached hydrogens (tertiary/aromatic N) is 2. The van der Waals surface area contributed by atoms with Gasteiger partial charge >= 0.3 is 0 Å². The Morgan fingerprint density at radius 3 is 2.35 bits per heavy atom. The molecule has 1 aromatic heterocycles. The molecule has 23 heavy (non-hydrogen) atoms.